The fourth-order valence-corrected chi connectivity index (χ4v) is 2.11. The topological polar surface area (TPSA) is 12.0 Å². The summed E-state index contributed by atoms with van der Waals surface area (Å²) in [4.78, 5) is 0. The molecule has 0 radical (unpaired) electrons. The summed E-state index contributed by atoms with van der Waals surface area (Å²) in [5.74, 6) is -1.70. The molecule has 1 unspecified atom stereocenters. The Labute approximate surface area is 120 Å². The molecule has 0 aliphatic heterocycles. The zero-order valence-corrected chi connectivity index (χ0v) is 11.5. The first-order valence-electron chi connectivity index (χ1n) is 6.10. The molecule has 2 rings (SSSR count). The number of halogens is 4. The van der Waals surface area contributed by atoms with E-state index in [0.717, 1.165) is 0 Å². The van der Waals surface area contributed by atoms with Crippen LogP contribution in [0.1, 0.15) is 24.1 Å². The maximum Gasteiger partial charge on any atom is 0.130 e. The van der Waals surface area contributed by atoms with Crippen LogP contribution in [0.2, 0.25) is 5.02 Å². The van der Waals surface area contributed by atoms with E-state index in [2.05, 4.69) is 5.32 Å². The fourth-order valence-electron chi connectivity index (χ4n) is 1.95. The van der Waals surface area contributed by atoms with Crippen molar-refractivity contribution in [3.8, 4) is 0 Å². The van der Waals surface area contributed by atoms with Crippen molar-refractivity contribution >= 4 is 11.6 Å². The largest absolute Gasteiger partial charge is 0.306 e. The second kappa shape index (κ2) is 6.29. The maximum absolute atomic E-state index is 13.6. The third-order valence-electron chi connectivity index (χ3n) is 3.05. The Hall–Kier alpha value is -1.52. The fraction of sp³-hybridized carbons (Fsp3) is 0.200. The van der Waals surface area contributed by atoms with Gasteiger partial charge in [-0.1, -0.05) is 23.7 Å². The van der Waals surface area contributed by atoms with Gasteiger partial charge in [0.2, 0.25) is 0 Å². The lowest BCUT2D eigenvalue weighted by Gasteiger charge is -2.16. The Bertz CT molecular complexity index is 596. The van der Waals surface area contributed by atoms with Gasteiger partial charge in [0, 0.05) is 28.7 Å². The molecule has 106 valence electrons. The van der Waals surface area contributed by atoms with Gasteiger partial charge in [0.15, 0.2) is 0 Å². The van der Waals surface area contributed by atoms with E-state index in [-0.39, 0.29) is 12.1 Å². The molecule has 1 nitrogen and oxygen atoms in total. The molecule has 0 heterocycles. The van der Waals surface area contributed by atoms with Gasteiger partial charge >= 0.3 is 0 Å². The third-order valence-corrected chi connectivity index (χ3v) is 3.28. The molecule has 5 heteroatoms. The van der Waals surface area contributed by atoms with Crippen LogP contribution in [0.3, 0.4) is 0 Å². The lowest BCUT2D eigenvalue weighted by Crippen LogP contribution is -2.21. The molecule has 0 fully saturated rings. The van der Waals surface area contributed by atoms with E-state index >= 15 is 0 Å². The van der Waals surface area contributed by atoms with E-state index < -0.39 is 23.5 Å². The molecule has 0 amide bonds. The summed E-state index contributed by atoms with van der Waals surface area (Å²) in [5, 5.41) is 3.20. The van der Waals surface area contributed by atoms with Crippen molar-refractivity contribution < 1.29 is 13.2 Å². The summed E-state index contributed by atoms with van der Waals surface area (Å²) in [6.07, 6.45) is 0. The van der Waals surface area contributed by atoms with Crippen molar-refractivity contribution in [1.29, 1.82) is 0 Å². The summed E-state index contributed by atoms with van der Waals surface area (Å²) >= 11 is 5.66. The molecule has 0 aliphatic rings. The van der Waals surface area contributed by atoms with Crippen molar-refractivity contribution in [2.45, 2.75) is 19.5 Å². The number of nitrogens with one attached hydrogen (secondary N) is 1. The summed E-state index contributed by atoms with van der Waals surface area (Å²) in [5.41, 5.74) is 0.333. The maximum atomic E-state index is 13.6. The van der Waals surface area contributed by atoms with E-state index in [0.29, 0.717) is 10.6 Å². The molecular formula is C15H13ClF3N. The Kier molecular flexibility index (Phi) is 4.68. The molecule has 2 aromatic carbocycles. The average Bonchev–Trinajstić information content (AvgIpc) is 2.37. The van der Waals surface area contributed by atoms with Crippen LogP contribution in [-0.2, 0) is 6.54 Å². The van der Waals surface area contributed by atoms with Gasteiger partial charge in [-0.2, -0.15) is 0 Å². The van der Waals surface area contributed by atoms with Crippen LogP contribution in [0.25, 0.3) is 0 Å². The molecule has 0 bridgehead atoms. The first-order chi connectivity index (χ1) is 9.49. The molecular weight excluding hydrogens is 287 g/mol. The van der Waals surface area contributed by atoms with Crippen molar-refractivity contribution in [3.63, 3.8) is 0 Å². The van der Waals surface area contributed by atoms with Crippen molar-refractivity contribution in [2.24, 2.45) is 0 Å². The second-order valence-corrected chi connectivity index (χ2v) is 4.91. The Morgan fingerprint density at radius 2 is 1.70 bits per heavy atom. The van der Waals surface area contributed by atoms with Crippen LogP contribution in [0.5, 0.6) is 0 Å². The average molecular weight is 300 g/mol. The quantitative estimate of drug-likeness (QED) is 0.869. The van der Waals surface area contributed by atoms with Crippen molar-refractivity contribution in [3.05, 3.63) is 70.0 Å². The third kappa shape index (κ3) is 3.32. The number of hydrogen-bond donors (Lipinski definition) is 1. The van der Waals surface area contributed by atoms with Crippen LogP contribution in [0.4, 0.5) is 13.2 Å². The standard InChI is InChI=1S/C15H13ClF3N/c1-9(15-12(17)3-2-4-13(15)18)20-8-10-5-6-11(16)7-14(10)19/h2-7,9,20H,8H2,1H3. The highest BCUT2D eigenvalue weighted by atomic mass is 35.5. The van der Waals surface area contributed by atoms with Crippen LogP contribution < -0.4 is 5.32 Å². The molecule has 0 saturated heterocycles. The predicted molar refractivity (Wildman–Crippen MR) is 73.0 cm³/mol. The van der Waals surface area contributed by atoms with Crippen LogP contribution in [0, 0.1) is 17.5 Å². The summed E-state index contributed by atoms with van der Waals surface area (Å²) < 4.78 is 40.8. The Morgan fingerprint density at radius 1 is 1.05 bits per heavy atom. The number of rotatable bonds is 4. The minimum atomic E-state index is -0.624. The molecule has 0 saturated carbocycles. The van der Waals surface area contributed by atoms with Gasteiger partial charge < -0.3 is 5.32 Å². The smallest absolute Gasteiger partial charge is 0.130 e. The molecule has 2 aromatic rings. The highest BCUT2D eigenvalue weighted by molar-refractivity contribution is 6.30. The lowest BCUT2D eigenvalue weighted by molar-refractivity contribution is 0.481. The van der Waals surface area contributed by atoms with E-state index in [9.17, 15) is 13.2 Å². The summed E-state index contributed by atoms with van der Waals surface area (Å²) in [7, 11) is 0. The van der Waals surface area contributed by atoms with Gasteiger partial charge in [-0.05, 0) is 31.2 Å². The summed E-state index contributed by atoms with van der Waals surface area (Å²) in [6, 6.07) is 7.42. The van der Waals surface area contributed by atoms with Crippen molar-refractivity contribution in [1.82, 2.24) is 5.32 Å². The van der Waals surface area contributed by atoms with Crippen LogP contribution in [0.15, 0.2) is 36.4 Å². The minimum absolute atomic E-state index is 0.0538. The lowest BCUT2D eigenvalue weighted by atomic mass is 10.1. The van der Waals surface area contributed by atoms with E-state index in [1.807, 2.05) is 0 Å². The van der Waals surface area contributed by atoms with Gasteiger partial charge in [-0.3, -0.25) is 0 Å². The molecule has 1 atom stereocenters. The predicted octanol–water partition coefficient (Wildman–Crippen LogP) is 4.61. The monoisotopic (exact) mass is 299 g/mol. The van der Waals surface area contributed by atoms with E-state index in [4.69, 9.17) is 11.6 Å². The highest BCUT2D eigenvalue weighted by Gasteiger charge is 2.15. The van der Waals surface area contributed by atoms with Gasteiger partial charge in [-0.15, -0.1) is 0 Å². The van der Waals surface area contributed by atoms with Gasteiger partial charge in [0.05, 0.1) is 0 Å². The minimum Gasteiger partial charge on any atom is -0.306 e. The Balaban J connectivity index is 2.11. The zero-order valence-electron chi connectivity index (χ0n) is 10.8. The molecule has 20 heavy (non-hydrogen) atoms. The molecule has 0 aliphatic carbocycles. The van der Waals surface area contributed by atoms with Gasteiger partial charge in [0.25, 0.3) is 0 Å². The number of benzene rings is 2. The first-order valence-corrected chi connectivity index (χ1v) is 6.48. The molecule has 1 N–H and O–H groups in total. The number of hydrogen-bond acceptors (Lipinski definition) is 1. The van der Waals surface area contributed by atoms with Crippen LogP contribution in [-0.4, -0.2) is 0 Å². The van der Waals surface area contributed by atoms with E-state index in [1.54, 1.807) is 13.0 Å². The Morgan fingerprint density at radius 3 is 2.30 bits per heavy atom. The second-order valence-electron chi connectivity index (χ2n) is 4.47. The van der Waals surface area contributed by atoms with Crippen molar-refractivity contribution in [2.75, 3.05) is 0 Å². The zero-order chi connectivity index (χ0) is 14.7. The highest BCUT2D eigenvalue weighted by Crippen LogP contribution is 2.21. The SMILES string of the molecule is CC(NCc1ccc(Cl)cc1F)c1c(F)cccc1F. The van der Waals surface area contributed by atoms with Crippen LogP contribution >= 0.6 is 11.6 Å². The van der Waals surface area contributed by atoms with E-state index in [1.165, 1.54) is 30.3 Å². The van der Waals surface area contributed by atoms with Gasteiger partial charge in [-0.25, -0.2) is 13.2 Å². The summed E-state index contributed by atoms with van der Waals surface area (Å²) in [6.45, 7) is 1.77. The normalized spacial score (nSPS) is 12.4. The molecule has 0 aromatic heterocycles. The molecule has 0 spiro atoms. The first kappa shape index (κ1) is 14.9. The van der Waals surface area contributed by atoms with Gasteiger partial charge in [0.1, 0.15) is 17.5 Å².